The second kappa shape index (κ2) is 7.58. The predicted molar refractivity (Wildman–Crippen MR) is 112 cm³/mol. The number of H-pyrrole nitrogens is 1. The zero-order chi connectivity index (χ0) is 21.7. The SMILES string of the molecule is COc1ccc(C2CC(=O)C3CNC4NN(c5nc(C)cc(=O)[nH]5)C(=O)C4C3C2)cc1. The number of carbonyl (C=O) groups is 2. The fraction of sp³-hybridized carbons (Fsp3) is 0.455. The second-order valence-corrected chi connectivity index (χ2v) is 8.57. The summed E-state index contributed by atoms with van der Waals surface area (Å²) < 4.78 is 5.24. The average molecular weight is 423 g/mol. The summed E-state index contributed by atoms with van der Waals surface area (Å²) in [5.74, 6) is 0.354. The largest absolute Gasteiger partial charge is 0.497 e. The normalized spacial score (nSPS) is 30.1. The Bertz CT molecular complexity index is 1080. The zero-order valence-electron chi connectivity index (χ0n) is 17.4. The molecule has 3 heterocycles. The van der Waals surface area contributed by atoms with Crippen LogP contribution >= 0.6 is 0 Å². The van der Waals surface area contributed by atoms with E-state index in [9.17, 15) is 14.4 Å². The highest BCUT2D eigenvalue weighted by Crippen LogP contribution is 2.45. The van der Waals surface area contributed by atoms with Crippen LogP contribution in [0, 0.1) is 24.7 Å². The fourth-order valence-corrected chi connectivity index (χ4v) is 5.27. The van der Waals surface area contributed by atoms with Gasteiger partial charge in [0.05, 0.1) is 19.2 Å². The predicted octanol–water partition coefficient (Wildman–Crippen LogP) is 0.863. The molecule has 31 heavy (non-hydrogen) atoms. The summed E-state index contributed by atoms with van der Waals surface area (Å²) in [6.07, 6.45) is 0.928. The second-order valence-electron chi connectivity index (χ2n) is 8.57. The first-order valence-corrected chi connectivity index (χ1v) is 10.5. The van der Waals surface area contributed by atoms with Gasteiger partial charge in [-0.3, -0.25) is 24.7 Å². The van der Waals surface area contributed by atoms with E-state index in [1.54, 1.807) is 14.0 Å². The molecule has 0 bridgehead atoms. The molecule has 2 aromatic rings. The molecule has 0 radical (unpaired) electrons. The summed E-state index contributed by atoms with van der Waals surface area (Å²) in [5.41, 5.74) is 4.44. The molecule has 2 saturated heterocycles. The first kappa shape index (κ1) is 19.9. The minimum absolute atomic E-state index is 0.0668. The third kappa shape index (κ3) is 3.43. The number of amides is 1. The lowest BCUT2D eigenvalue weighted by Gasteiger charge is -2.43. The molecule has 5 unspecified atom stereocenters. The Morgan fingerprint density at radius 1 is 1.16 bits per heavy atom. The van der Waals surface area contributed by atoms with Crippen LogP contribution in [0.1, 0.15) is 30.0 Å². The average Bonchev–Trinajstić information content (AvgIpc) is 3.10. The number of Topliss-reactive ketones (excluding diaryl/α,β-unsaturated/α-hetero) is 1. The number of aromatic amines is 1. The maximum absolute atomic E-state index is 13.4. The Morgan fingerprint density at radius 2 is 1.94 bits per heavy atom. The summed E-state index contributed by atoms with van der Waals surface area (Å²) in [4.78, 5) is 45.2. The number of nitrogens with zero attached hydrogens (tertiary/aromatic N) is 2. The maximum Gasteiger partial charge on any atom is 0.252 e. The Morgan fingerprint density at radius 3 is 2.65 bits per heavy atom. The molecule has 1 aromatic heterocycles. The van der Waals surface area contributed by atoms with E-state index in [4.69, 9.17) is 4.74 Å². The number of hydrazine groups is 1. The zero-order valence-corrected chi connectivity index (χ0v) is 17.4. The van der Waals surface area contributed by atoms with Crippen molar-refractivity contribution in [3.63, 3.8) is 0 Å². The molecule has 1 aromatic carbocycles. The van der Waals surface area contributed by atoms with Crippen LogP contribution in [0.15, 0.2) is 35.1 Å². The summed E-state index contributed by atoms with van der Waals surface area (Å²) in [7, 11) is 1.62. The van der Waals surface area contributed by atoms with Crippen LogP contribution in [0.2, 0.25) is 0 Å². The maximum atomic E-state index is 13.4. The Balaban J connectivity index is 1.43. The quantitative estimate of drug-likeness (QED) is 0.671. The first-order valence-electron chi connectivity index (χ1n) is 10.5. The van der Waals surface area contributed by atoms with Crippen LogP contribution in [0.5, 0.6) is 5.75 Å². The van der Waals surface area contributed by atoms with Gasteiger partial charge in [-0.15, -0.1) is 0 Å². The molecule has 5 rings (SSSR count). The number of ether oxygens (including phenoxy) is 1. The van der Waals surface area contributed by atoms with Gasteiger partial charge in [-0.2, -0.15) is 0 Å². The molecule has 3 N–H and O–H groups in total. The van der Waals surface area contributed by atoms with Crippen molar-refractivity contribution in [2.24, 2.45) is 17.8 Å². The smallest absolute Gasteiger partial charge is 0.252 e. The summed E-state index contributed by atoms with van der Waals surface area (Å²) in [6.45, 7) is 2.24. The summed E-state index contributed by atoms with van der Waals surface area (Å²) in [6, 6.07) is 9.18. The number of nitrogens with one attached hydrogen (secondary N) is 3. The Kier molecular flexibility index (Phi) is 4.86. The van der Waals surface area contributed by atoms with Gasteiger partial charge in [-0.25, -0.2) is 15.4 Å². The van der Waals surface area contributed by atoms with Crippen molar-refractivity contribution in [1.82, 2.24) is 20.7 Å². The third-order valence-electron chi connectivity index (χ3n) is 6.74. The molecule has 1 amide bonds. The van der Waals surface area contributed by atoms with E-state index in [1.807, 2.05) is 24.3 Å². The van der Waals surface area contributed by atoms with Crippen LogP contribution in [0.4, 0.5) is 5.95 Å². The number of benzene rings is 1. The Hall–Kier alpha value is -3.04. The molecule has 162 valence electrons. The monoisotopic (exact) mass is 423 g/mol. The molecule has 5 atom stereocenters. The van der Waals surface area contributed by atoms with Crippen LogP contribution in [0.25, 0.3) is 0 Å². The lowest BCUT2D eigenvalue weighted by Crippen LogP contribution is -2.57. The molecule has 2 aliphatic heterocycles. The Labute approximate surface area is 179 Å². The van der Waals surface area contributed by atoms with Gasteiger partial charge in [0.1, 0.15) is 11.5 Å². The van der Waals surface area contributed by atoms with Gasteiger partial charge in [0, 0.05) is 30.6 Å². The lowest BCUT2D eigenvalue weighted by atomic mass is 9.64. The first-order chi connectivity index (χ1) is 14.9. The molecule has 1 saturated carbocycles. The standard InChI is InChI=1S/C22H25N5O4/c1-11-7-18(29)25-22(24-11)27-21(30)19-15-8-13(12-3-5-14(31-2)6-4-12)9-17(28)16(15)10-23-20(19)26-27/h3-7,13,15-16,19-20,23,26H,8-10H2,1-2H3,(H,24,25,29). The number of hydrogen-bond acceptors (Lipinski definition) is 7. The summed E-state index contributed by atoms with van der Waals surface area (Å²) in [5, 5.41) is 4.63. The molecule has 3 aliphatic rings. The highest BCUT2D eigenvalue weighted by molar-refractivity contribution is 5.96. The van der Waals surface area contributed by atoms with E-state index < -0.39 is 5.92 Å². The van der Waals surface area contributed by atoms with Gasteiger partial charge in [0.15, 0.2) is 0 Å². The van der Waals surface area contributed by atoms with Crippen molar-refractivity contribution in [3.05, 3.63) is 51.9 Å². The van der Waals surface area contributed by atoms with Gasteiger partial charge < -0.3 is 4.74 Å². The van der Waals surface area contributed by atoms with Gasteiger partial charge in [-0.05, 0) is 42.9 Å². The van der Waals surface area contributed by atoms with Crippen molar-refractivity contribution in [1.29, 1.82) is 0 Å². The van der Waals surface area contributed by atoms with E-state index >= 15 is 0 Å². The van der Waals surface area contributed by atoms with Crippen molar-refractivity contribution >= 4 is 17.6 Å². The minimum atomic E-state index is -0.408. The van der Waals surface area contributed by atoms with Gasteiger partial charge >= 0.3 is 0 Å². The number of anilines is 1. The fourth-order valence-electron chi connectivity index (χ4n) is 5.27. The third-order valence-corrected chi connectivity index (χ3v) is 6.74. The van der Waals surface area contributed by atoms with Crippen LogP contribution in [-0.4, -0.2) is 41.5 Å². The number of aromatic nitrogens is 2. The van der Waals surface area contributed by atoms with Crippen molar-refractivity contribution < 1.29 is 14.3 Å². The van der Waals surface area contributed by atoms with Crippen molar-refractivity contribution in [3.8, 4) is 5.75 Å². The number of fused-ring (bicyclic) bond motifs is 3. The van der Waals surface area contributed by atoms with E-state index in [-0.39, 0.29) is 47.1 Å². The number of piperidine rings is 1. The molecule has 9 nitrogen and oxygen atoms in total. The number of hydrogen-bond donors (Lipinski definition) is 3. The topological polar surface area (TPSA) is 116 Å². The molecule has 3 fully saturated rings. The van der Waals surface area contributed by atoms with Crippen molar-refractivity contribution in [2.45, 2.75) is 31.8 Å². The molecule has 9 heteroatoms. The summed E-state index contributed by atoms with van der Waals surface area (Å²) >= 11 is 0. The van der Waals surface area contributed by atoms with Gasteiger partial charge in [0.25, 0.3) is 5.56 Å². The number of aryl methyl sites for hydroxylation is 1. The van der Waals surface area contributed by atoms with Crippen LogP contribution < -0.4 is 26.0 Å². The van der Waals surface area contributed by atoms with E-state index in [0.717, 1.165) is 17.7 Å². The van der Waals surface area contributed by atoms with Gasteiger partial charge in [-0.1, -0.05) is 12.1 Å². The van der Waals surface area contributed by atoms with Crippen LogP contribution in [-0.2, 0) is 9.59 Å². The van der Waals surface area contributed by atoms with Gasteiger partial charge in [0.2, 0.25) is 11.9 Å². The lowest BCUT2D eigenvalue weighted by molar-refractivity contribution is -0.133. The molecular formula is C22H25N5O4. The highest BCUT2D eigenvalue weighted by atomic mass is 16.5. The minimum Gasteiger partial charge on any atom is -0.497 e. The number of carbonyl (C=O) groups excluding carboxylic acids is 2. The van der Waals surface area contributed by atoms with E-state index in [0.29, 0.717) is 18.7 Å². The number of rotatable bonds is 3. The molecular weight excluding hydrogens is 398 g/mol. The van der Waals surface area contributed by atoms with Crippen LogP contribution in [0.3, 0.4) is 0 Å². The highest BCUT2D eigenvalue weighted by Gasteiger charge is 2.54. The van der Waals surface area contributed by atoms with Crippen molar-refractivity contribution in [2.75, 3.05) is 18.7 Å². The molecule has 1 aliphatic carbocycles. The molecule has 0 spiro atoms. The van der Waals surface area contributed by atoms with E-state index in [2.05, 4.69) is 20.7 Å². The number of ketones is 1. The van der Waals surface area contributed by atoms with E-state index in [1.165, 1.54) is 11.1 Å². The number of methoxy groups -OCH3 is 1.